The molecule has 1 N–H and O–H groups in total. The van der Waals surface area contributed by atoms with Crippen LogP contribution in [0.2, 0.25) is 0 Å². The average Bonchev–Trinajstić information content (AvgIpc) is 3.00. The van der Waals surface area contributed by atoms with Crippen molar-refractivity contribution in [3.8, 4) is 0 Å². The fraction of sp³-hybridized carbons (Fsp3) is 0.472. The van der Waals surface area contributed by atoms with Crippen LogP contribution in [0, 0.1) is 12.7 Å². The van der Waals surface area contributed by atoms with Gasteiger partial charge in [0.1, 0.15) is 5.82 Å². The number of hydrogen-bond donors (Lipinski definition) is 1. The van der Waals surface area contributed by atoms with Gasteiger partial charge < -0.3 is 24.4 Å². The van der Waals surface area contributed by atoms with Crippen molar-refractivity contribution in [1.29, 1.82) is 0 Å². The Morgan fingerprint density at radius 2 is 1.58 bits per heavy atom. The van der Waals surface area contributed by atoms with E-state index in [4.69, 9.17) is 14.2 Å². The highest BCUT2D eigenvalue weighted by molar-refractivity contribution is 5.96. The zero-order valence-electron chi connectivity index (χ0n) is 28.3. The van der Waals surface area contributed by atoms with Gasteiger partial charge in [0.25, 0.3) is 5.91 Å². The SMILES string of the molecule is CCC.CCCCNC.COC/C=C\C(=C/C(OC)OC)C(=O)N(C)C/C(C)=C/c1ccccc1.Cc1ccc(F)cc1. The van der Waals surface area contributed by atoms with E-state index in [0.717, 1.165) is 23.2 Å². The van der Waals surface area contributed by atoms with E-state index in [0.29, 0.717) is 18.7 Å². The summed E-state index contributed by atoms with van der Waals surface area (Å²) in [6.07, 6.45) is 10.5. The van der Waals surface area contributed by atoms with Gasteiger partial charge in [-0.1, -0.05) is 105 Å². The number of halogens is 1. The summed E-state index contributed by atoms with van der Waals surface area (Å²) in [4.78, 5) is 14.5. The lowest BCUT2D eigenvalue weighted by atomic mass is 10.1. The Balaban J connectivity index is 0. The van der Waals surface area contributed by atoms with Crippen molar-refractivity contribution in [1.82, 2.24) is 10.2 Å². The molecule has 0 aliphatic carbocycles. The summed E-state index contributed by atoms with van der Waals surface area (Å²) in [7, 11) is 8.42. The van der Waals surface area contributed by atoms with Gasteiger partial charge in [-0.05, 0) is 57.6 Å². The van der Waals surface area contributed by atoms with Crippen LogP contribution in [-0.2, 0) is 19.0 Å². The topological polar surface area (TPSA) is 60.0 Å². The molecule has 242 valence electrons. The second kappa shape index (κ2) is 29.0. The van der Waals surface area contributed by atoms with Gasteiger partial charge in [0, 0.05) is 40.5 Å². The number of methoxy groups -OCH3 is 3. The third kappa shape index (κ3) is 24.1. The Bertz CT molecular complexity index is 992. The molecule has 2 rings (SSSR count). The van der Waals surface area contributed by atoms with Crippen molar-refractivity contribution in [3.63, 3.8) is 0 Å². The minimum Gasteiger partial charge on any atom is -0.381 e. The van der Waals surface area contributed by atoms with E-state index >= 15 is 0 Å². The van der Waals surface area contributed by atoms with Crippen LogP contribution in [0.15, 0.2) is 84.0 Å². The van der Waals surface area contributed by atoms with E-state index in [2.05, 4.69) is 32.2 Å². The summed E-state index contributed by atoms with van der Waals surface area (Å²) < 4.78 is 27.5. The van der Waals surface area contributed by atoms with Crippen molar-refractivity contribution < 1.29 is 23.4 Å². The number of amides is 1. The molecule has 2 aromatic rings. The highest BCUT2D eigenvalue weighted by atomic mass is 19.1. The third-order valence-corrected chi connectivity index (χ3v) is 5.42. The molecule has 43 heavy (non-hydrogen) atoms. The molecule has 1 amide bonds. The summed E-state index contributed by atoms with van der Waals surface area (Å²) in [5.41, 5.74) is 3.78. The second-order valence-electron chi connectivity index (χ2n) is 9.84. The van der Waals surface area contributed by atoms with Gasteiger partial charge in [0.2, 0.25) is 0 Å². The highest BCUT2D eigenvalue weighted by Crippen LogP contribution is 2.11. The first-order valence-corrected chi connectivity index (χ1v) is 14.9. The number of rotatable bonds is 13. The number of carbonyl (C=O) groups excluding carboxylic acids is 1. The fourth-order valence-electron chi connectivity index (χ4n) is 3.28. The van der Waals surface area contributed by atoms with E-state index in [1.807, 2.05) is 51.2 Å². The molecular weight excluding hydrogens is 543 g/mol. The van der Waals surface area contributed by atoms with Crippen LogP contribution in [0.1, 0.15) is 58.1 Å². The third-order valence-electron chi connectivity index (χ3n) is 5.42. The molecule has 2 aromatic carbocycles. The summed E-state index contributed by atoms with van der Waals surface area (Å²) in [5.74, 6) is -0.284. The van der Waals surface area contributed by atoms with Crippen LogP contribution in [0.25, 0.3) is 6.08 Å². The molecule has 0 radical (unpaired) electrons. The first-order chi connectivity index (χ1) is 20.6. The Hall–Kier alpha value is -3.10. The fourth-order valence-corrected chi connectivity index (χ4v) is 3.28. The predicted octanol–water partition coefficient (Wildman–Crippen LogP) is 7.85. The van der Waals surface area contributed by atoms with E-state index in [1.54, 1.807) is 49.4 Å². The van der Waals surface area contributed by atoms with Crippen LogP contribution < -0.4 is 5.32 Å². The Labute approximate surface area is 261 Å². The highest BCUT2D eigenvalue weighted by Gasteiger charge is 2.15. The molecule has 0 aliphatic heterocycles. The molecule has 0 spiro atoms. The van der Waals surface area contributed by atoms with Gasteiger partial charge >= 0.3 is 0 Å². The molecule has 0 aromatic heterocycles. The molecule has 0 aliphatic rings. The van der Waals surface area contributed by atoms with E-state index in [-0.39, 0.29) is 11.7 Å². The molecular formula is C36H57FN2O4. The number of nitrogens with zero attached hydrogens (tertiary/aromatic N) is 1. The van der Waals surface area contributed by atoms with Gasteiger partial charge in [-0.2, -0.15) is 0 Å². The van der Waals surface area contributed by atoms with Gasteiger partial charge in [0.15, 0.2) is 6.29 Å². The number of ether oxygens (including phenoxy) is 3. The molecule has 0 atom stereocenters. The summed E-state index contributed by atoms with van der Waals surface area (Å²) >= 11 is 0. The summed E-state index contributed by atoms with van der Waals surface area (Å²) in [6, 6.07) is 16.4. The first kappa shape index (κ1) is 42.0. The smallest absolute Gasteiger partial charge is 0.253 e. The maximum atomic E-state index is 12.8. The van der Waals surface area contributed by atoms with Crippen LogP contribution in [0.4, 0.5) is 4.39 Å². The molecule has 0 unspecified atom stereocenters. The van der Waals surface area contributed by atoms with E-state index in [9.17, 15) is 9.18 Å². The Kier molecular flexibility index (Phi) is 28.3. The number of nitrogens with one attached hydrogen (secondary N) is 1. The minimum atomic E-state index is -0.587. The average molecular weight is 601 g/mol. The molecule has 0 saturated heterocycles. The van der Waals surface area contributed by atoms with Crippen molar-refractivity contribution in [3.05, 3.63) is 101 Å². The molecule has 0 bridgehead atoms. The first-order valence-electron chi connectivity index (χ1n) is 14.9. The lowest BCUT2D eigenvalue weighted by Crippen LogP contribution is -2.30. The number of aryl methyl sites for hydroxylation is 1. The van der Waals surface area contributed by atoms with Crippen LogP contribution in [0.5, 0.6) is 0 Å². The number of unbranched alkanes of at least 4 members (excludes halogenated alkanes) is 1. The Morgan fingerprint density at radius 1 is 1.00 bits per heavy atom. The molecule has 6 nitrogen and oxygen atoms in total. The van der Waals surface area contributed by atoms with E-state index < -0.39 is 6.29 Å². The van der Waals surface area contributed by atoms with Crippen molar-refractivity contribution in [2.75, 3.05) is 55.1 Å². The van der Waals surface area contributed by atoms with Crippen molar-refractivity contribution >= 4 is 12.0 Å². The lowest BCUT2D eigenvalue weighted by molar-refractivity contribution is -0.125. The van der Waals surface area contributed by atoms with Gasteiger partial charge in [-0.15, -0.1) is 0 Å². The summed E-state index contributed by atoms with van der Waals surface area (Å²) in [5, 5.41) is 3.07. The zero-order chi connectivity index (χ0) is 32.9. The van der Waals surface area contributed by atoms with Crippen molar-refractivity contribution in [2.45, 2.75) is 60.2 Å². The number of benzene rings is 2. The van der Waals surface area contributed by atoms with Crippen LogP contribution in [-0.4, -0.2) is 72.2 Å². The molecule has 0 saturated carbocycles. The van der Waals surface area contributed by atoms with E-state index in [1.165, 1.54) is 45.6 Å². The standard InChI is InChI=1S/C21H29NO4.C7H7F.C5H13N.C3H8/c1-17(14-18-10-7-6-8-11-18)16-22(2)21(23)19(12-9-13-24-3)15-20(25-4)26-5;1-6-2-4-7(8)5-3-6;1-3-4-5-6-2;1-3-2/h6-12,14-15,20H,13,16H2,1-5H3;2-5H,1H3;6H,3-5H2,1-2H3;3H2,1-2H3/b12-9-,17-14+,19-15+;;;. The predicted molar refractivity (Wildman–Crippen MR) is 181 cm³/mol. The Morgan fingerprint density at radius 3 is 2.02 bits per heavy atom. The second-order valence-corrected chi connectivity index (χ2v) is 9.84. The van der Waals surface area contributed by atoms with Crippen LogP contribution in [0.3, 0.4) is 0 Å². The number of hydrogen-bond acceptors (Lipinski definition) is 5. The molecule has 0 fully saturated rings. The largest absolute Gasteiger partial charge is 0.381 e. The molecule has 7 heteroatoms. The minimum absolute atomic E-state index is 0.114. The monoisotopic (exact) mass is 600 g/mol. The van der Waals surface area contributed by atoms with Gasteiger partial charge in [0.05, 0.1) is 6.61 Å². The number of likely N-dealkylation sites (N-methyl/N-ethyl adjacent to an activating group) is 1. The molecule has 0 heterocycles. The number of carbonyl (C=O) groups is 1. The maximum absolute atomic E-state index is 12.8. The normalized spacial score (nSPS) is 11.2. The zero-order valence-corrected chi connectivity index (χ0v) is 28.3. The maximum Gasteiger partial charge on any atom is 0.253 e. The van der Waals surface area contributed by atoms with Crippen molar-refractivity contribution in [2.24, 2.45) is 0 Å². The summed E-state index contributed by atoms with van der Waals surface area (Å²) in [6.45, 7) is 12.5. The van der Waals surface area contributed by atoms with Crippen LogP contribution >= 0.6 is 0 Å². The van der Waals surface area contributed by atoms with Gasteiger partial charge in [-0.25, -0.2) is 4.39 Å². The van der Waals surface area contributed by atoms with Gasteiger partial charge in [-0.3, -0.25) is 4.79 Å². The quantitative estimate of drug-likeness (QED) is 0.110. The lowest BCUT2D eigenvalue weighted by Gasteiger charge is -2.19.